The third-order valence-corrected chi connectivity index (χ3v) is 7.05. The second-order valence-electron chi connectivity index (χ2n) is 8.38. The lowest BCUT2D eigenvalue weighted by Crippen LogP contribution is -2.25. The molecule has 2 fully saturated rings. The van der Waals surface area contributed by atoms with Crippen LogP contribution in [0.2, 0.25) is 5.02 Å². The van der Waals surface area contributed by atoms with Gasteiger partial charge in [0, 0.05) is 6.08 Å². The lowest BCUT2D eigenvalue weighted by molar-refractivity contribution is -0.131. The summed E-state index contributed by atoms with van der Waals surface area (Å²) in [5.74, 6) is 1.76. The normalized spacial score (nSPS) is 29.1. The van der Waals surface area contributed by atoms with Gasteiger partial charge in [0.1, 0.15) is 5.82 Å². The predicted octanol–water partition coefficient (Wildman–Crippen LogP) is 6.98. The summed E-state index contributed by atoms with van der Waals surface area (Å²) in [5, 5.41) is 8.85. The highest BCUT2D eigenvalue weighted by Gasteiger charge is 2.31. The van der Waals surface area contributed by atoms with Crippen LogP contribution in [0.15, 0.2) is 30.4 Å². The zero-order chi connectivity index (χ0) is 19.2. The van der Waals surface area contributed by atoms with Gasteiger partial charge < -0.3 is 5.11 Å². The first-order valence-corrected chi connectivity index (χ1v) is 10.7. The van der Waals surface area contributed by atoms with E-state index < -0.39 is 5.97 Å². The van der Waals surface area contributed by atoms with Crippen molar-refractivity contribution in [2.24, 2.45) is 17.8 Å². The van der Waals surface area contributed by atoms with Crippen LogP contribution < -0.4 is 0 Å². The van der Waals surface area contributed by atoms with Crippen LogP contribution in [0.3, 0.4) is 0 Å². The highest BCUT2D eigenvalue weighted by Crippen LogP contribution is 2.44. The minimum Gasteiger partial charge on any atom is -0.478 e. The molecule has 0 bridgehead atoms. The second kappa shape index (κ2) is 9.73. The van der Waals surface area contributed by atoms with Gasteiger partial charge in [-0.25, -0.2) is 9.18 Å². The molecule has 2 nitrogen and oxygen atoms in total. The van der Waals surface area contributed by atoms with E-state index in [1.54, 1.807) is 18.2 Å². The van der Waals surface area contributed by atoms with Gasteiger partial charge in [-0.3, -0.25) is 0 Å². The molecule has 3 rings (SSSR count). The smallest absolute Gasteiger partial charge is 0.327 e. The molecule has 0 unspecified atom stereocenters. The molecule has 0 aliphatic heterocycles. The van der Waals surface area contributed by atoms with Crippen LogP contribution in [0, 0.1) is 23.6 Å². The Kier molecular flexibility index (Phi) is 7.34. The first-order chi connectivity index (χ1) is 13.0. The summed E-state index contributed by atoms with van der Waals surface area (Å²) in [6.45, 7) is 0. The van der Waals surface area contributed by atoms with Crippen LogP contribution in [-0.4, -0.2) is 11.1 Å². The van der Waals surface area contributed by atoms with Gasteiger partial charge >= 0.3 is 5.97 Å². The molecule has 2 aliphatic carbocycles. The summed E-state index contributed by atoms with van der Waals surface area (Å²) in [5.41, 5.74) is 1.11. The van der Waals surface area contributed by atoms with Gasteiger partial charge in [-0.05, 0) is 92.7 Å². The number of hydrogen-bond acceptors (Lipinski definition) is 1. The Balaban J connectivity index is 1.40. The number of allylic oxidation sites excluding steroid dienone is 1. The van der Waals surface area contributed by atoms with Gasteiger partial charge in [-0.1, -0.05) is 36.6 Å². The summed E-state index contributed by atoms with van der Waals surface area (Å²) in [6.07, 6.45) is 15.1. The molecule has 1 aromatic rings. The SMILES string of the molecule is O=C(O)/C=C/CC[C@H]1CC[C@H]([C@H]2CC[C@H](c3ccc(Cl)c(F)c3)CC2)CC1. The molecule has 2 aliphatic rings. The zero-order valence-corrected chi connectivity index (χ0v) is 16.6. The lowest BCUT2D eigenvalue weighted by atomic mass is 9.68. The summed E-state index contributed by atoms with van der Waals surface area (Å²) in [4.78, 5) is 10.5. The Morgan fingerprint density at radius 1 is 1.07 bits per heavy atom. The summed E-state index contributed by atoms with van der Waals surface area (Å²) in [7, 11) is 0. The average molecular weight is 393 g/mol. The van der Waals surface area contributed by atoms with E-state index in [-0.39, 0.29) is 10.8 Å². The number of aliphatic carboxylic acids is 1. The van der Waals surface area contributed by atoms with E-state index >= 15 is 0 Å². The number of rotatable bonds is 6. The van der Waals surface area contributed by atoms with E-state index in [1.807, 2.05) is 6.07 Å². The average Bonchev–Trinajstić information content (AvgIpc) is 2.68. The standard InChI is InChI=1S/C23H30ClFO2/c24-21-14-13-20(15-22(21)25)19-11-9-18(10-12-19)17-7-5-16(6-8-17)3-1-2-4-23(26)27/h2,4,13-19H,1,3,5-12H2,(H,26,27)/b4-2+/t16-,17-,18-,19-. The third-order valence-electron chi connectivity index (χ3n) is 6.75. The first kappa shape index (κ1) is 20.4. The van der Waals surface area contributed by atoms with Crippen LogP contribution >= 0.6 is 11.6 Å². The van der Waals surface area contributed by atoms with Gasteiger partial charge in [0.05, 0.1) is 5.02 Å². The molecule has 148 valence electrons. The quantitative estimate of drug-likeness (QED) is 0.530. The molecular weight excluding hydrogens is 363 g/mol. The van der Waals surface area contributed by atoms with E-state index in [1.165, 1.54) is 44.6 Å². The number of benzene rings is 1. The van der Waals surface area contributed by atoms with Crippen LogP contribution in [0.4, 0.5) is 4.39 Å². The first-order valence-electron chi connectivity index (χ1n) is 10.4. The van der Waals surface area contributed by atoms with Gasteiger partial charge in [0.2, 0.25) is 0 Å². The molecule has 1 aromatic carbocycles. The fourth-order valence-corrected chi connectivity index (χ4v) is 5.27. The summed E-state index contributed by atoms with van der Waals surface area (Å²) < 4.78 is 13.7. The fourth-order valence-electron chi connectivity index (χ4n) is 5.15. The van der Waals surface area contributed by atoms with Crippen molar-refractivity contribution in [3.05, 3.63) is 46.8 Å². The molecule has 0 saturated heterocycles. The maximum atomic E-state index is 13.7. The summed E-state index contributed by atoms with van der Waals surface area (Å²) in [6, 6.07) is 5.29. The molecule has 0 aromatic heterocycles. The maximum absolute atomic E-state index is 13.7. The highest BCUT2D eigenvalue weighted by molar-refractivity contribution is 6.30. The zero-order valence-electron chi connectivity index (χ0n) is 15.9. The predicted molar refractivity (Wildman–Crippen MR) is 108 cm³/mol. The van der Waals surface area contributed by atoms with E-state index in [0.717, 1.165) is 49.0 Å². The van der Waals surface area contributed by atoms with Crippen molar-refractivity contribution in [3.8, 4) is 0 Å². The molecule has 1 N–H and O–H groups in total. The highest BCUT2D eigenvalue weighted by atomic mass is 35.5. The van der Waals surface area contributed by atoms with Crippen LogP contribution in [0.25, 0.3) is 0 Å². The Hall–Kier alpha value is -1.35. The van der Waals surface area contributed by atoms with E-state index in [4.69, 9.17) is 16.7 Å². The van der Waals surface area contributed by atoms with Gasteiger partial charge in [-0.15, -0.1) is 0 Å². The molecule has 2 saturated carbocycles. The number of halogens is 2. The maximum Gasteiger partial charge on any atom is 0.327 e. The van der Waals surface area contributed by atoms with E-state index in [9.17, 15) is 9.18 Å². The van der Waals surface area contributed by atoms with Crippen LogP contribution in [-0.2, 0) is 4.79 Å². The van der Waals surface area contributed by atoms with Crippen LogP contribution in [0.5, 0.6) is 0 Å². The molecule has 0 radical (unpaired) electrons. The molecule has 0 spiro atoms. The van der Waals surface area contributed by atoms with Crippen LogP contribution in [0.1, 0.15) is 75.7 Å². The monoisotopic (exact) mass is 392 g/mol. The van der Waals surface area contributed by atoms with Crippen molar-refractivity contribution >= 4 is 17.6 Å². The Morgan fingerprint density at radius 3 is 2.30 bits per heavy atom. The fraction of sp³-hybridized carbons (Fsp3) is 0.609. The Labute approximate surface area is 166 Å². The molecular formula is C23H30ClFO2. The summed E-state index contributed by atoms with van der Waals surface area (Å²) >= 11 is 5.81. The van der Waals surface area contributed by atoms with E-state index in [2.05, 4.69) is 0 Å². The second-order valence-corrected chi connectivity index (χ2v) is 8.79. The molecule has 0 atom stereocenters. The topological polar surface area (TPSA) is 37.3 Å². The molecule has 0 heterocycles. The third kappa shape index (κ3) is 5.81. The number of carbonyl (C=O) groups is 1. The molecule has 0 amide bonds. The number of carboxylic acid groups (broad SMARTS) is 1. The number of carboxylic acids is 1. The van der Waals surface area contributed by atoms with Crippen molar-refractivity contribution in [2.45, 2.75) is 70.1 Å². The van der Waals surface area contributed by atoms with Crippen molar-refractivity contribution in [1.82, 2.24) is 0 Å². The van der Waals surface area contributed by atoms with Crippen molar-refractivity contribution in [1.29, 1.82) is 0 Å². The molecule has 4 heteroatoms. The minimum atomic E-state index is -0.851. The largest absolute Gasteiger partial charge is 0.478 e. The van der Waals surface area contributed by atoms with Crippen molar-refractivity contribution < 1.29 is 14.3 Å². The lowest BCUT2D eigenvalue weighted by Gasteiger charge is -2.38. The van der Waals surface area contributed by atoms with Gasteiger partial charge in [0.15, 0.2) is 0 Å². The van der Waals surface area contributed by atoms with E-state index in [0.29, 0.717) is 5.92 Å². The van der Waals surface area contributed by atoms with Gasteiger partial charge in [-0.2, -0.15) is 0 Å². The van der Waals surface area contributed by atoms with Crippen molar-refractivity contribution in [2.75, 3.05) is 0 Å². The Morgan fingerprint density at radius 2 is 1.70 bits per heavy atom. The molecule has 27 heavy (non-hydrogen) atoms. The minimum absolute atomic E-state index is 0.211. The number of hydrogen-bond donors (Lipinski definition) is 1. The van der Waals surface area contributed by atoms with Gasteiger partial charge in [0.25, 0.3) is 0 Å². The van der Waals surface area contributed by atoms with Crippen molar-refractivity contribution in [3.63, 3.8) is 0 Å². The Bertz CT molecular complexity index is 656.